The fourth-order valence-electron chi connectivity index (χ4n) is 2.20. The Kier molecular flexibility index (Phi) is 3.39. The molecule has 1 rings (SSSR count). The first-order valence-electron chi connectivity index (χ1n) is 5.66. The molecular formula is C12H25N. The van der Waals surface area contributed by atoms with E-state index in [2.05, 4.69) is 39.9 Å². The molecule has 0 amide bonds. The van der Waals surface area contributed by atoms with Gasteiger partial charge in [-0.05, 0) is 36.1 Å². The van der Waals surface area contributed by atoms with E-state index < -0.39 is 0 Å². The van der Waals surface area contributed by atoms with E-state index in [1.54, 1.807) is 0 Å². The lowest BCUT2D eigenvalue weighted by atomic mass is 9.68. The summed E-state index contributed by atoms with van der Waals surface area (Å²) in [7, 11) is 0. The predicted molar refractivity (Wildman–Crippen MR) is 58.8 cm³/mol. The summed E-state index contributed by atoms with van der Waals surface area (Å²) in [5, 5.41) is 3.59. The van der Waals surface area contributed by atoms with Crippen LogP contribution in [0, 0.1) is 23.2 Å². The zero-order chi connectivity index (χ0) is 10.1. The topological polar surface area (TPSA) is 12.0 Å². The van der Waals surface area contributed by atoms with E-state index in [-0.39, 0.29) is 0 Å². The molecule has 0 spiro atoms. The monoisotopic (exact) mass is 183 g/mol. The number of piperidine rings is 1. The molecule has 78 valence electrons. The molecule has 0 aromatic heterocycles. The minimum atomic E-state index is 0.521. The van der Waals surface area contributed by atoms with Crippen LogP contribution in [0.15, 0.2) is 0 Å². The molecule has 1 saturated heterocycles. The van der Waals surface area contributed by atoms with Crippen molar-refractivity contribution in [2.45, 2.75) is 41.0 Å². The van der Waals surface area contributed by atoms with Gasteiger partial charge in [-0.1, -0.05) is 34.6 Å². The molecule has 1 N–H and O–H groups in total. The molecule has 0 saturated carbocycles. The van der Waals surface area contributed by atoms with Crippen LogP contribution in [0.25, 0.3) is 0 Å². The molecule has 2 atom stereocenters. The van der Waals surface area contributed by atoms with Gasteiger partial charge in [-0.3, -0.25) is 0 Å². The van der Waals surface area contributed by atoms with Crippen molar-refractivity contribution in [2.75, 3.05) is 13.1 Å². The van der Waals surface area contributed by atoms with Crippen molar-refractivity contribution in [3.63, 3.8) is 0 Å². The van der Waals surface area contributed by atoms with E-state index >= 15 is 0 Å². The number of hydrogen-bond acceptors (Lipinski definition) is 1. The van der Waals surface area contributed by atoms with Crippen molar-refractivity contribution in [1.82, 2.24) is 5.32 Å². The summed E-state index contributed by atoms with van der Waals surface area (Å²) in [5.41, 5.74) is 0.521. The standard InChI is InChI=1S/C12H25N/c1-9(2)11-6-12(5,10(3)4)8-13-7-11/h9-11,13H,6-8H2,1-5H3. The molecule has 0 aliphatic carbocycles. The zero-order valence-corrected chi connectivity index (χ0v) is 9.85. The normalized spacial score (nSPS) is 35.8. The molecule has 13 heavy (non-hydrogen) atoms. The first-order chi connectivity index (χ1) is 5.96. The molecule has 1 heteroatoms. The molecule has 0 aromatic rings. The average molecular weight is 183 g/mol. The van der Waals surface area contributed by atoms with Crippen LogP contribution in [0.3, 0.4) is 0 Å². The maximum absolute atomic E-state index is 3.59. The van der Waals surface area contributed by atoms with Gasteiger partial charge >= 0.3 is 0 Å². The van der Waals surface area contributed by atoms with Gasteiger partial charge in [0, 0.05) is 6.54 Å². The Morgan fingerprint density at radius 3 is 2.31 bits per heavy atom. The van der Waals surface area contributed by atoms with E-state index in [9.17, 15) is 0 Å². The van der Waals surface area contributed by atoms with Crippen molar-refractivity contribution >= 4 is 0 Å². The fourth-order valence-corrected chi connectivity index (χ4v) is 2.20. The summed E-state index contributed by atoms with van der Waals surface area (Å²) < 4.78 is 0. The largest absolute Gasteiger partial charge is 0.316 e. The highest BCUT2D eigenvalue weighted by Crippen LogP contribution is 2.38. The maximum Gasteiger partial charge on any atom is 0.000784 e. The number of hydrogen-bond donors (Lipinski definition) is 1. The van der Waals surface area contributed by atoms with E-state index in [0.717, 1.165) is 17.8 Å². The molecule has 1 aliphatic heterocycles. The fraction of sp³-hybridized carbons (Fsp3) is 1.00. The summed E-state index contributed by atoms with van der Waals surface area (Å²) >= 11 is 0. The van der Waals surface area contributed by atoms with Gasteiger partial charge in [0.25, 0.3) is 0 Å². The number of rotatable bonds is 2. The van der Waals surface area contributed by atoms with Crippen molar-refractivity contribution in [3.05, 3.63) is 0 Å². The Morgan fingerprint density at radius 2 is 1.85 bits per heavy atom. The van der Waals surface area contributed by atoms with Gasteiger partial charge < -0.3 is 5.32 Å². The van der Waals surface area contributed by atoms with Crippen LogP contribution in [0.1, 0.15) is 41.0 Å². The van der Waals surface area contributed by atoms with Crippen LogP contribution in [-0.2, 0) is 0 Å². The van der Waals surface area contributed by atoms with E-state index in [1.165, 1.54) is 19.5 Å². The Morgan fingerprint density at radius 1 is 1.23 bits per heavy atom. The third kappa shape index (κ3) is 2.46. The Labute approximate surface area is 83.3 Å². The SMILES string of the molecule is CC(C)C1CNCC(C)(C(C)C)C1. The summed E-state index contributed by atoms with van der Waals surface area (Å²) in [6.07, 6.45) is 1.40. The molecule has 1 fully saturated rings. The third-order valence-corrected chi connectivity index (χ3v) is 4.00. The van der Waals surface area contributed by atoms with Gasteiger partial charge in [-0.25, -0.2) is 0 Å². The van der Waals surface area contributed by atoms with Crippen LogP contribution in [0.5, 0.6) is 0 Å². The maximum atomic E-state index is 3.59. The Bertz CT molecular complexity index is 163. The minimum absolute atomic E-state index is 0.521. The minimum Gasteiger partial charge on any atom is -0.316 e. The Hall–Kier alpha value is -0.0400. The first-order valence-corrected chi connectivity index (χ1v) is 5.66. The van der Waals surface area contributed by atoms with E-state index in [0.29, 0.717) is 5.41 Å². The average Bonchev–Trinajstić information content (AvgIpc) is 2.04. The summed E-state index contributed by atoms with van der Waals surface area (Å²) in [5.74, 6) is 2.49. The molecule has 1 nitrogen and oxygen atoms in total. The van der Waals surface area contributed by atoms with Crippen LogP contribution in [-0.4, -0.2) is 13.1 Å². The molecule has 1 heterocycles. The molecular weight excluding hydrogens is 158 g/mol. The van der Waals surface area contributed by atoms with Gasteiger partial charge in [-0.2, -0.15) is 0 Å². The lowest BCUT2D eigenvalue weighted by Crippen LogP contribution is -2.46. The predicted octanol–water partition coefficient (Wildman–Crippen LogP) is 2.91. The van der Waals surface area contributed by atoms with Crippen molar-refractivity contribution in [2.24, 2.45) is 23.2 Å². The van der Waals surface area contributed by atoms with E-state index in [1.807, 2.05) is 0 Å². The smallest absolute Gasteiger partial charge is 0.000784 e. The molecule has 2 unspecified atom stereocenters. The van der Waals surface area contributed by atoms with Gasteiger partial charge in [0.05, 0.1) is 0 Å². The van der Waals surface area contributed by atoms with Crippen molar-refractivity contribution in [1.29, 1.82) is 0 Å². The van der Waals surface area contributed by atoms with Crippen LogP contribution in [0.4, 0.5) is 0 Å². The number of nitrogens with one attached hydrogen (secondary N) is 1. The second-order valence-corrected chi connectivity index (χ2v) is 5.65. The quantitative estimate of drug-likeness (QED) is 0.694. The highest BCUT2D eigenvalue weighted by atomic mass is 14.9. The molecule has 0 aromatic carbocycles. The second kappa shape index (κ2) is 4.00. The summed E-state index contributed by atoms with van der Waals surface area (Å²) in [6.45, 7) is 14.2. The highest BCUT2D eigenvalue weighted by Gasteiger charge is 2.35. The zero-order valence-electron chi connectivity index (χ0n) is 9.85. The van der Waals surface area contributed by atoms with Gasteiger partial charge in [-0.15, -0.1) is 0 Å². The van der Waals surface area contributed by atoms with Gasteiger partial charge in [0.2, 0.25) is 0 Å². The Balaban J connectivity index is 2.60. The van der Waals surface area contributed by atoms with Crippen LogP contribution >= 0.6 is 0 Å². The molecule has 1 aliphatic rings. The lowest BCUT2D eigenvalue weighted by Gasteiger charge is -2.43. The summed E-state index contributed by atoms with van der Waals surface area (Å²) in [6, 6.07) is 0. The van der Waals surface area contributed by atoms with Gasteiger partial charge in [0.1, 0.15) is 0 Å². The molecule has 0 bridgehead atoms. The van der Waals surface area contributed by atoms with E-state index in [4.69, 9.17) is 0 Å². The van der Waals surface area contributed by atoms with Crippen LogP contribution in [0.2, 0.25) is 0 Å². The first kappa shape index (κ1) is 11.0. The van der Waals surface area contributed by atoms with Crippen molar-refractivity contribution < 1.29 is 0 Å². The van der Waals surface area contributed by atoms with Crippen LogP contribution < -0.4 is 5.32 Å². The third-order valence-electron chi connectivity index (χ3n) is 4.00. The lowest BCUT2D eigenvalue weighted by molar-refractivity contribution is 0.0991. The second-order valence-electron chi connectivity index (χ2n) is 5.65. The molecule has 0 radical (unpaired) electrons. The van der Waals surface area contributed by atoms with Crippen molar-refractivity contribution in [3.8, 4) is 0 Å². The van der Waals surface area contributed by atoms with Gasteiger partial charge in [0.15, 0.2) is 0 Å². The summed E-state index contributed by atoms with van der Waals surface area (Å²) in [4.78, 5) is 0. The highest BCUT2D eigenvalue weighted by molar-refractivity contribution is 4.88.